The van der Waals surface area contributed by atoms with Crippen molar-refractivity contribution >= 4 is 17.7 Å². The van der Waals surface area contributed by atoms with Crippen LogP contribution in [0.25, 0.3) is 0 Å². The number of rotatable bonds is 14. The first-order chi connectivity index (χ1) is 15.3. The van der Waals surface area contributed by atoms with Crippen molar-refractivity contribution in [2.45, 2.75) is 78.3 Å². The van der Waals surface area contributed by atoms with Gasteiger partial charge in [-0.1, -0.05) is 51.0 Å². The molecule has 176 valence electrons. The topological polar surface area (TPSA) is 125 Å². The number of nitrogens with zero attached hydrogens (tertiary/aromatic N) is 3. The van der Waals surface area contributed by atoms with E-state index in [0.29, 0.717) is 12.4 Å². The molecule has 0 radical (unpaired) electrons. The number of aromatic nitrogens is 2. The van der Waals surface area contributed by atoms with Crippen LogP contribution in [-0.2, 0) is 24.2 Å². The predicted molar refractivity (Wildman–Crippen MR) is 127 cm³/mol. The zero-order valence-electron chi connectivity index (χ0n) is 19.5. The highest BCUT2D eigenvalue weighted by molar-refractivity contribution is 5.70. The monoisotopic (exact) mass is 443 g/mol. The highest BCUT2D eigenvalue weighted by atomic mass is 16.5. The number of carboxylic acid groups (broad SMARTS) is 1. The van der Waals surface area contributed by atoms with Crippen molar-refractivity contribution in [3.63, 3.8) is 0 Å². The molecule has 0 spiro atoms. The van der Waals surface area contributed by atoms with Crippen molar-refractivity contribution in [3.8, 4) is 0 Å². The first-order valence-corrected chi connectivity index (χ1v) is 11.5. The minimum Gasteiger partial charge on any atom is -0.481 e. The smallest absolute Gasteiger partial charge is 0.307 e. The van der Waals surface area contributed by atoms with E-state index in [0.717, 1.165) is 67.5 Å². The Morgan fingerprint density at radius 1 is 1.16 bits per heavy atom. The quantitative estimate of drug-likeness (QED) is 0.256. The Balaban J connectivity index is 1.94. The lowest BCUT2D eigenvalue weighted by atomic mass is 10.0. The molecule has 2 aromatic rings. The molecule has 0 aliphatic rings. The summed E-state index contributed by atoms with van der Waals surface area (Å²) in [5.74, 6) is -0.128. The maximum absolute atomic E-state index is 10.9. The van der Waals surface area contributed by atoms with Gasteiger partial charge < -0.3 is 16.2 Å². The predicted octanol–water partition coefficient (Wildman–Crippen LogP) is 3.88. The minimum absolute atomic E-state index is 0.00428. The van der Waals surface area contributed by atoms with Crippen LogP contribution in [-0.4, -0.2) is 38.8 Å². The van der Waals surface area contributed by atoms with Gasteiger partial charge in [-0.2, -0.15) is 4.98 Å². The zero-order chi connectivity index (χ0) is 23.5. The summed E-state index contributed by atoms with van der Waals surface area (Å²) in [4.78, 5) is 19.4. The molecule has 0 aliphatic heterocycles. The van der Waals surface area contributed by atoms with Crippen LogP contribution in [0.3, 0.4) is 0 Å². The number of carboxylic acids is 1. The van der Waals surface area contributed by atoms with Gasteiger partial charge in [0.15, 0.2) is 5.82 Å². The van der Waals surface area contributed by atoms with Gasteiger partial charge >= 0.3 is 5.97 Å². The molecule has 0 fully saturated rings. The number of carbonyl (C=O) groups is 1. The first kappa shape index (κ1) is 25.5. The van der Waals surface area contributed by atoms with Gasteiger partial charge in [0, 0.05) is 17.8 Å². The second kappa shape index (κ2) is 13.0. The molecule has 5 N–H and O–H groups in total. The summed E-state index contributed by atoms with van der Waals surface area (Å²) >= 11 is 0. The fraction of sp³-hybridized carbons (Fsp3) is 0.542. The van der Waals surface area contributed by atoms with Crippen molar-refractivity contribution in [1.29, 1.82) is 0 Å². The van der Waals surface area contributed by atoms with Crippen molar-refractivity contribution < 1.29 is 15.1 Å². The van der Waals surface area contributed by atoms with E-state index in [-0.39, 0.29) is 18.4 Å². The Hall–Kier alpha value is -2.71. The lowest BCUT2D eigenvalue weighted by molar-refractivity contribution is -0.136. The number of nitrogens with one attached hydrogen (secondary N) is 1. The van der Waals surface area contributed by atoms with E-state index in [4.69, 9.17) is 10.8 Å². The Bertz CT molecular complexity index is 857. The number of aryl methyl sites for hydroxylation is 1. The summed E-state index contributed by atoms with van der Waals surface area (Å²) in [5.41, 5.74) is 9.51. The van der Waals surface area contributed by atoms with Crippen LogP contribution in [0.4, 0.5) is 11.8 Å². The normalized spacial score (nSPS) is 12.0. The van der Waals surface area contributed by atoms with Gasteiger partial charge in [0.25, 0.3) is 0 Å². The van der Waals surface area contributed by atoms with Gasteiger partial charge in [-0.3, -0.25) is 10.0 Å². The fourth-order valence-electron chi connectivity index (χ4n) is 3.77. The maximum Gasteiger partial charge on any atom is 0.307 e. The number of unbranched alkanes of at least 4 members (excludes halogenated alkanes) is 1. The number of hydroxylamine groups is 1. The number of aliphatic carboxylic acids is 1. The van der Waals surface area contributed by atoms with Gasteiger partial charge in [-0.25, -0.2) is 10.0 Å². The molecule has 2 rings (SSSR count). The number of nitrogen functional groups attached to an aromatic ring is 1. The molecule has 0 saturated heterocycles. The van der Waals surface area contributed by atoms with Crippen molar-refractivity contribution in [3.05, 3.63) is 46.6 Å². The van der Waals surface area contributed by atoms with Crippen LogP contribution < -0.4 is 16.1 Å². The lowest BCUT2D eigenvalue weighted by Crippen LogP contribution is -2.34. The van der Waals surface area contributed by atoms with Gasteiger partial charge in [0.2, 0.25) is 5.95 Å². The van der Waals surface area contributed by atoms with Gasteiger partial charge in [0.05, 0.1) is 12.5 Å². The van der Waals surface area contributed by atoms with E-state index >= 15 is 0 Å². The van der Waals surface area contributed by atoms with Crippen LogP contribution >= 0.6 is 0 Å². The lowest BCUT2D eigenvalue weighted by Gasteiger charge is -2.28. The summed E-state index contributed by atoms with van der Waals surface area (Å²) in [6.07, 6.45) is 5.48. The molecule has 1 aromatic carbocycles. The zero-order valence-corrected chi connectivity index (χ0v) is 19.5. The van der Waals surface area contributed by atoms with E-state index in [1.165, 1.54) is 5.06 Å². The average molecular weight is 444 g/mol. The second-order valence-corrected chi connectivity index (χ2v) is 8.19. The van der Waals surface area contributed by atoms with Crippen LogP contribution in [0, 0.1) is 6.92 Å². The van der Waals surface area contributed by atoms with E-state index in [1.54, 1.807) is 0 Å². The van der Waals surface area contributed by atoms with Gasteiger partial charge in [-0.05, 0) is 50.3 Å². The van der Waals surface area contributed by atoms with E-state index < -0.39 is 5.97 Å². The highest BCUT2D eigenvalue weighted by Gasteiger charge is 2.21. The van der Waals surface area contributed by atoms with E-state index in [1.807, 2.05) is 31.2 Å². The third kappa shape index (κ3) is 7.76. The Morgan fingerprint density at radius 3 is 2.47 bits per heavy atom. The third-order valence-electron chi connectivity index (χ3n) is 5.62. The molecular formula is C24H37N5O3. The molecular weight excluding hydrogens is 406 g/mol. The SMILES string of the molecule is CCCCC(CC)N(O)c1nc(N)nc(C)c1CCCNCc1ccc(CC(=O)O)cc1. The Labute approximate surface area is 190 Å². The maximum atomic E-state index is 10.9. The van der Waals surface area contributed by atoms with Crippen molar-refractivity contribution in [2.24, 2.45) is 0 Å². The molecule has 0 aliphatic carbocycles. The number of anilines is 2. The van der Waals surface area contributed by atoms with Crippen LogP contribution in [0.5, 0.6) is 0 Å². The Morgan fingerprint density at radius 2 is 1.84 bits per heavy atom. The molecule has 1 unspecified atom stereocenters. The summed E-state index contributed by atoms with van der Waals surface area (Å²) in [7, 11) is 0. The standard InChI is InChI=1S/C24H37N5O3/c1-4-6-8-20(5-2)29(32)23-21(17(3)27-24(25)28-23)9-7-14-26-16-19-12-10-18(11-13-19)15-22(30)31/h10-13,20,26,32H,4-9,14-16H2,1-3H3,(H,30,31)(H2,25,27,28). The molecule has 0 amide bonds. The molecule has 8 heteroatoms. The number of hydrogen-bond donors (Lipinski definition) is 4. The van der Waals surface area contributed by atoms with Gasteiger partial charge in [-0.15, -0.1) is 0 Å². The van der Waals surface area contributed by atoms with Crippen molar-refractivity contribution in [2.75, 3.05) is 17.3 Å². The molecule has 1 aromatic heterocycles. The fourth-order valence-corrected chi connectivity index (χ4v) is 3.77. The Kier molecular flexibility index (Phi) is 10.4. The second-order valence-electron chi connectivity index (χ2n) is 8.19. The summed E-state index contributed by atoms with van der Waals surface area (Å²) in [6, 6.07) is 7.61. The molecule has 32 heavy (non-hydrogen) atoms. The van der Waals surface area contributed by atoms with Gasteiger partial charge in [0.1, 0.15) is 0 Å². The largest absolute Gasteiger partial charge is 0.481 e. The first-order valence-electron chi connectivity index (χ1n) is 11.5. The minimum atomic E-state index is -0.825. The van der Waals surface area contributed by atoms with Crippen LogP contribution in [0.1, 0.15) is 68.3 Å². The average Bonchev–Trinajstić information content (AvgIpc) is 2.75. The third-order valence-corrected chi connectivity index (χ3v) is 5.62. The van der Waals surface area contributed by atoms with Crippen LogP contribution in [0.2, 0.25) is 0 Å². The molecule has 0 saturated carbocycles. The number of hydrogen-bond acceptors (Lipinski definition) is 7. The number of benzene rings is 1. The molecule has 8 nitrogen and oxygen atoms in total. The number of nitrogens with two attached hydrogens (primary N) is 1. The van der Waals surface area contributed by atoms with Crippen LogP contribution in [0.15, 0.2) is 24.3 Å². The molecule has 1 atom stereocenters. The van der Waals surface area contributed by atoms with Crippen molar-refractivity contribution in [1.82, 2.24) is 15.3 Å². The van der Waals surface area contributed by atoms with E-state index in [9.17, 15) is 10.0 Å². The summed E-state index contributed by atoms with van der Waals surface area (Å²) in [5, 5.41) is 24.5. The summed E-state index contributed by atoms with van der Waals surface area (Å²) in [6.45, 7) is 7.61. The molecule has 1 heterocycles. The highest BCUT2D eigenvalue weighted by Crippen LogP contribution is 2.26. The molecule has 0 bridgehead atoms. The van der Waals surface area contributed by atoms with E-state index in [2.05, 4.69) is 29.1 Å². The summed E-state index contributed by atoms with van der Waals surface area (Å²) < 4.78 is 0.